The molecule has 0 unspecified atom stereocenters. The van der Waals surface area contributed by atoms with Crippen molar-refractivity contribution < 1.29 is 14.7 Å². The molecular weight excluding hydrogens is 230 g/mol. The maximum atomic E-state index is 11.5. The van der Waals surface area contributed by atoms with Crippen molar-refractivity contribution in [1.29, 1.82) is 0 Å². The highest BCUT2D eigenvalue weighted by molar-refractivity contribution is 5.76. The fourth-order valence-electron chi connectivity index (χ4n) is 1.83. The van der Waals surface area contributed by atoms with E-state index in [2.05, 4.69) is 0 Å². The lowest BCUT2D eigenvalue weighted by Crippen LogP contribution is -2.27. The number of carboxylic acid groups (broad SMARTS) is 1. The van der Waals surface area contributed by atoms with Gasteiger partial charge in [-0.25, -0.2) is 0 Å². The van der Waals surface area contributed by atoms with Gasteiger partial charge in [-0.05, 0) is 12.0 Å². The van der Waals surface area contributed by atoms with E-state index in [0.29, 0.717) is 19.4 Å². The molecule has 0 aliphatic heterocycles. The van der Waals surface area contributed by atoms with Gasteiger partial charge in [0.2, 0.25) is 5.91 Å². The molecule has 0 saturated carbocycles. The molecule has 0 aromatic rings. The van der Waals surface area contributed by atoms with Crippen LogP contribution in [0.1, 0.15) is 26.2 Å². The number of carboxylic acids is 1. The minimum absolute atomic E-state index is 0.0487. The number of aliphatic carboxylic acids is 1. The van der Waals surface area contributed by atoms with Gasteiger partial charge in [0, 0.05) is 20.0 Å². The molecule has 1 amide bonds. The molecule has 1 aliphatic rings. The van der Waals surface area contributed by atoms with E-state index in [1.54, 1.807) is 11.9 Å². The third-order valence-corrected chi connectivity index (χ3v) is 2.74. The molecule has 4 heteroatoms. The van der Waals surface area contributed by atoms with Crippen LogP contribution in [0, 0.1) is 0 Å². The fourth-order valence-corrected chi connectivity index (χ4v) is 1.83. The van der Waals surface area contributed by atoms with Crippen LogP contribution in [0.25, 0.3) is 0 Å². The molecule has 0 aromatic carbocycles. The van der Waals surface area contributed by atoms with Gasteiger partial charge in [0.1, 0.15) is 0 Å². The Morgan fingerprint density at radius 3 is 2.78 bits per heavy atom. The first-order valence-corrected chi connectivity index (χ1v) is 6.03. The van der Waals surface area contributed by atoms with Crippen LogP contribution in [0.5, 0.6) is 0 Å². The minimum Gasteiger partial charge on any atom is -0.481 e. The predicted octanol–water partition coefficient (Wildman–Crippen LogP) is 2.14. The van der Waals surface area contributed by atoms with Gasteiger partial charge < -0.3 is 10.0 Å². The largest absolute Gasteiger partial charge is 0.481 e. The summed E-state index contributed by atoms with van der Waals surface area (Å²) >= 11 is 0. The maximum Gasteiger partial charge on any atom is 0.307 e. The Bertz CT molecular complexity index is 419. The topological polar surface area (TPSA) is 57.6 Å². The van der Waals surface area contributed by atoms with E-state index in [-0.39, 0.29) is 12.3 Å². The SMILES string of the molecule is CCC(=O)N(C)CC1=CC=CCC(CC(=O)O)=C1. The summed E-state index contributed by atoms with van der Waals surface area (Å²) in [5.74, 6) is -0.744. The molecule has 0 bridgehead atoms. The fraction of sp³-hybridized carbons (Fsp3) is 0.429. The first-order valence-electron chi connectivity index (χ1n) is 6.03. The van der Waals surface area contributed by atoms with Crippen LogP contribution in [0.4, 0.5) is 0 Å². The van der Waals surface area contributed by atoms with Gasteiger partial charge in [-0.3, -0.25) is 9.59 Å². The highest BCUT2D eigenvalue weighted by atomic mass is 16.4. The number of allylic oxidation sites excluding steroid dienone is 3. The molecule has 0 heterocycles. The number of hydrogen-bond acceptors (Lipinski definition) is 2. The number of nitrogens with zero attached hydrogens (tertiary/aromatic N) is 1. The Balaban J connectivity index is 2.74. The first-order chi connectivity index (χ1) is 8.52. The summed E-state index contributed by atoms with van der Waals surface area (Å²) in [4.78, 5) is 23.9. The van der Waals surface area contributed by atoms with Crippen molar-refractivity contribution in [3.8, 4) is 0 Å². The Morgan fingerprint density at radius 1 is 1.44 bits per heavy atom. The van der Waals surface area contributed by atoms with Crippen molar-refractivity contribution in [2.24, 2.45) is 0 Å². The van der Waals surface area contributed by atoms with E-state index in [1.807, 2.05) is 31.2 Å². The third-order valence-electron chi connectivity index (χ3n) is 2.74. The first kappa shape index (κ1) is 14.2. The molecule has 18 heavy (non-hydrogen) atoms. The van der Waals surface area contributed by atoms with E-state index < -0.39 is 5.97 Å². The van der Waals surface area contributed by atoms with Crippen LogP contribution in [-0.4, -0.2) is 35.5 Å². The summed E-state index contributed by atoms with van der Waals surface area (Å²) in [7, 11) is 1.76. The number of hydrogen-bond donors (Lipinski definition) is 1. The summed E-state index contributed by atoms with van der Waals surface area (Å²) in [5, 5.41) is 8.80. The van der Waals surface area contributed by atoms with E-state index in [1.165, 1.54) is 0 Å². The van der Waals surface area contributed by atoms with Crippen molar-refractivity contribution in [2.45, 2.75) is 26.2 Å². The Hall–Kier alpha value is -1.84. The Labute approximate surface area is 107 Å². The highest BCUT2D eigenvalue weighted by Gasteiger charge is 2.10. The molecule has 0 aromatic heterocycles. The Kier molecular flexibility index (Phi) is 5.36. The van der Waals surface area contributed by atoms with Crippen LogP contribution in [0.2, 0.25) is 0 Å². The van der Waals surface area contributed by atoms with Crippen molar-refractivity contribution in [3.05, 3.63) is 35.5 Å². The zero-order valence-corrected chi connectivity index (χ0v) is 10.8. The van der Waals surface area contributed by atoms with Crippen molar-refractivity contribution in [1.82, 2.24) is 4.90 Å². The summed E-state index contributed by atoms with van der Waals surface area (Å²) < 4.78 is 0. The standard InChI is InChI=1S/C14H19NO3/c1-3-13(16)15(2)10-12-7-5-4-6-11(8-12)9-14(17)18/h4-5,7-8H,3,6,9-10H2,1-2H3,(H,17,18). The smallest absolute Gasteiger partial charge is 0.307 e. The second-order valence-electron chi connectivity index (χ2n) is 4.35. The normalized spacial score (nSPS) is 14.6. The number of amides is 1. The van der Waals surface area contributed by atoms with E-state index in [0.717, 1.165) is 11.1 Å². The van der Waals surface area contributed by atoms with Crippen LogP contribution in [-0.2, 0) is 9.59 Å². The van der Waals surface area contributed by atoms with E-state index >= 15 is 0 Å². The van der Waals surface area contributed by atoms with E-state index in [9.17, 15) is 9.59 Å². The molecule has 0 spiro atoms. The van der Waals surface area contributed by atoms with Crippen LogP contribution < -0.4 is 0 Å². The lowest BCUT2D eigenvalue weighted by atomic mass is 10.1. The van der Waals surface area contributed by atoms with Gasteiger partial charge in [0.25, 0.3) is 0 Å². The molecule has 0 atom stereocenters. The Morgan fingerprint density at radius 2 is 2.17 bits per heavy atom. The van der Waals surface area contributed by atoms with Gasteiger partial charge in [-0.2, -0.15) is 0 Å². The lowest BCUT2D eigenvalue weighted by molar-refractivity contribution is -0.136. The van der Waals surface area contributed by atoms with Crippen molar-refractivity contribution in [3.63, 3.8) is 0 Å². The number of carbonyl (C=O) groups is 2. The highest BCUT2D eigenvalue weighted by Crippen LogP contribution is 2.16. The number of rotatable bonds is 5. The van der Waals surface area contributed by atoms with E-state index in [4.69, 9.17) is 5.11 Å². The average Bonchev–Trinajstić information content (AvgIpc) is 2.52. The minimum atomic E-state index is -0.825. The number of likely N-dealkylation sites (N-methyl/N-ethyl adjacent to an activating group) is 1. The van der Waals surface area contributed by atoms with Crippen LogP contribution in [0.15, 0.2) is 35.5 Å². The molecule has 1 N–H and O–H groups in total. The van der Waals surface area contributed by atoms with Crippen molar-refractivity contribution >= 4 is 11.9 Å². The molecule has 0 saturated heterocycles. The van der Waals surface area contributed by atoms with Gasteiger partial charge >= 0.3 is 5.97 Å². The lowest BCUT2D eigenvalue weighted by Gasteiger charge is -2.17. The molecule has 0 fully saturated rings. The summed E-state index contributed by atoms with van der Waals surface area (Å²) in [6.07, 6.45) is 8.83. The van der Waals surface area contributed by atoms with Crippen molar-refractivity contribution in [2.75, 3.05) is 13.6 Å². The maximum absolute atomic E-state index is 11.5. The zero-order chi connectivity index (χ0) is 13.5. The van der Waals surface area contributed by atoms with Gasteiger partial charge in [0.15, 0.2) is 0 Å². The predicted molar refractivity (Wildman–Crippen MR) is 70.1 cm³/mol. The monoisotopic (exact) mass is 249 g/mol. The summed E-state index contributed by atoms with van der Waals surface area (Å²) in [6, 6.07) is 0. The van der Waals surface area contributed by atoms with Gasteiger partial charge in [0.05, 0.1) is 6.42 Å². The summed E-state index contributed by atoms with van der Waals surface area (Å²) in [5.41, 5.74) is 1.82. The molecule has 1 aliphatic carbocycles. The molecule has 4 nitrogen and oxygen atoms in total. The molecular formula is C14H19NO3. The van der Waals surface area contributed by atoms with Gasteiger partial charge in [-0.1, -0.05) is 36.8 Å². The third kappa shape index (κ3) is 4.57. The second kappa shape index (κ2) is 6.79. The molecule has 98 valence electrons. The summed E-state index contributed by atoms with van der Waals surface area (Å²) in [6.45, 7) is 2.34. The quantitative estimate of drug-likeness (QED) is 0.812. The molecule has 0 radical (unpaired) electrons. The average molecular weight is 249 g/mol. The second-order valence-corrected chi connectivity index (χ2v) is 4.35. The number of carbonyl (C=O) groups excluding carboxylic acids is 1. The van der Waals surface area contributed by atoms with Crippen LogP contribution >= 0.6 is 0 Å². The van der Waals surface area contributed by atoms with Crippen LogP contribution in [0.3, 0.4) is 0 Å². The molecule has 1 rings (SSSR count). The zero-order valence-electron chi connectivity index (χ0n) is 10.8. The van der Waals surface area contributed by atoms with Gasteiger partial charge in [-0.15, -0.1) is 0 Å².